The Morgan fingerprint density at radius 2 is 2.06 bits per heavy atom. The minimum Gasteiger partial charge on any atom is -0.352 e. The Hall–Kier alpha value is -0.870. The molecule has 1 amide bonds. The van der Waals surface area contributed by atoms with Gasteiger partial charge in [-0.1, -0.05) is 28.1 Å². The van der Waals surface area contributed by atoms with E-state index in [2.05, 4.69) is 21.2 Å². The van der Waals surface area contributed by atoms with E-state index in [9.17, 15) is 4.79 Å². The first-order valence-corrected chi connectivity index (χ1v) is 6.15. The number of hydrogen-bond acceptors (Lipinski definition) is 2. The number of nitrogens with two attached hydrogens (primary N) is 1. The first-order valence-electron chi connectivity index (χ1n) is 5.35. The molecule has 0 aliphatic heterocycles. The molecule has 1 rings (SSSR count). The third-order valence-corrected chi connectivity index (χ3v) is 2.84. The number of hydrogen-bond donors (Lipinski definition) is 2. The van der Waals surface area contributed by atoms with Gasteiger partial charge < -0.3 is 11.1 Å². The fourth-order valence-corrected chi connectivity index (χ4v) is 1.58. The quantitative estimate of drug-likeness (QED) is 0.867. The lowest BCUT2D eigenvalue weighted by molar-refractivity contribution is -0.121. The molecule has 0 fully saturated rings. The molecule has 16 heavy (non-hydrogen) atoms. The molecule has 0 aromatic heterocycles. The van der Waals surface area contributed by atoms with Crippen molar-refractivity contribution >= 4 is 21.8 Å². The van der Waals surface area contributed by atoms with Gasteiger partial charge in [0.25, 0.3) is 0 Å². The van der Waals surface area contributed by atoms with E-state index in [1.165, 1.54) is 5.56 Å². The van der Waals surface area contributed by atoms with E-state index in [1.54, 1.807) is 0 Å². The van der Waals surface area contributed by atoms with Crippen molar-refractivity contribution in [1.29, 1.82) is 0 Å². The summed E-state index contributed by atoms with van der Waals surface area (Å²) in [6, 6.07) is 8.05. The highest BCUT2D eigenvalue weighted by molar-refractivity contribution is 9.10. The van der Waals surface area contributed by atoms with Crippen LogP contribution in [-0.4, -0.2) is 18.5 Å². The molecule has 4 heteroatoms. The van der Waals surface area contributed by atoms with Crippen LogP contribution in [0.2, 0.25) is 0 Å². The van der Waals surface area contributed by atoms with Crippen LogP contribution in [0.5, 0.6) is 0 Å². The molecule has 0 spiro atoms. The molecule has 3 N–H and O–H groups in total. The van der Waals surface area contributed by atoms with Gasteiger partial charge in [-0.25, -0.2) is 0 Å². The van der Waals surface area contributed by atoms with Crippen LogP contribution in [0.1, 0.15) is 18.9 Å². The lowest BCUT2D eigenvalue weighted by Gasteiger charge is -2.10. The average Bonchev–Trinajstić information content (AvgIpc) is 2.28. The molecule has 0 bridgehead atoms. The second-order valence-corrected chi connectivity index (χ2v) is 4.75. The molecular formula is C12H17BrN2O. The summed E-state index contributed by atoms with van der Waals surface area (Å²) in [5.74, 6) is 0.0564. The van der Waals surface area contributed by atoms with Crippen LogP contribution in [0.4, 0.5) is 0 Å². The van der Waals surface area contributed by atoms with Gasteiger partial charge in [-0.2, -0.15) is 0 Å². The predicted octanol–water partition coefficient (Wildman–Crippen LogP) is 1.85. The van der Waals surface area contributed by atoms with Crippen molar-refractivity contribution in [3.63, 3.8) is 0 Å². The average molecular weight is 285 g/mol. The van der Waals surface area contributed by atoms with E-state index < -0.39 is 0 Å². The highest BCUT2D eigenvalue weighted by Gasteiger charge is 2.05. The van der Waals surface area contributed by atoms with Gasteiger partial charge >= 0.3 is 0 Å². The number of nitrogens with one attached hydrogen (secondary N) is 1. The van der Waals surface area contributed by atoms with E-state index in [0.717, 1.165) is 10.9 Å². The third kappa shape index (κ3) is 4.77. The fourth-order valence-electron chi connectivity index (χ4n) is 1.31. The van der Waals surface area contributed by atoms with Crippen LogP contribution in [0.15, 0.2) is 28.7 Å². The number of carbonyl (C=O) groups excluding carboxylic acids is 1. The number of carbonyl (C=O) groups is 1. The Balaban J connectivity index is 2.34. The second-order valence-electron chi connectivity index (χ2n) is 3.83. The fraction of sp³-hybridized carbons (Fsp3) is 0.417. The smallest absolute Gasteiger partial charge is 0.220 e. The van der Waals surface area contributed by atoms with Gasteiger partial charge in [0.05, 0.1) is 0 Å². The summed E-state index contributed by atoms with van der Waals surface area (Å²) in [5, 5.41) is 2.84. The van der Waals surface area contributed by atoms with Gasteiger partial charge in [-0.3, -0.25) is 4.79 Å². The van der Waals surface area contributed by atoms with Crippen LogP contribution >= 0.6 is 15.9 Å². The Bertz CT molecular complexity index is 337. The second kappa shape index (κ2) is 6.66. The van der Waals surface area contributed by atoms with Crippen LogP contribution < -0.4 is 11.1 Å². The monoisotopic (exact) mass is 284 g/mol. The minimum atomic E-state index is 0.0532. The molecule has 0 aliphatic rings. The summed E-state index contributed by atoms with van der Waals surface area (Å²) in [5.41, 5.74) is 6.59. The van der Waals surface area contributed by atoms with Gasteiger partial charge in [0.1, 0.15) is 0 Å². The molecule has 3 nitrogen and oxygen atoms in total. The standard InChI is InChI=1S/C12H17BrN2O/c1-9(8-14)15-12(16)7-4-10-2-5-11(13)6-3-10/h2-3,5-6,9H,4,7-8,14H2,1H3,(H,15,16)/t9-/m0/s1. The normalized spacial score (nSPS) is 12.2. The lowest BCUT2D eigenvalue weighted by atomic mass is 10.1. The summed E-state index contributed by atoms with van der Waals surface area (Å²) in [4.78, 5) is 11.5. The van der Waals surface area contributed by atoms with Crippen LogP contribution in [0.25, 0.3) is 0 Å². The van der Waals surface area contributed by atoms with Crippen LogP contribution in [0, 0.1) is 0 Å². The number of aryl methyl sites for hydroxylation is 1. The van der Waals surface area contributed by atoms with E-state index in [4.69, 9.17) is 5.73 Å². The first-order chi connectivity index (χ1) is 7.61. The van der Waals surface area contributed by atoms with Gasteiger partial charge in [-0.15, -0.1) is 0 Å². The molecule has 0 radical (unpaired) electrons. The Labute approximate surface area is 105 Å². The molecule has 0 aliphatic carbocycles. The van der Waals surface area contributed by atoms with Crippen LogP contribution in [-0.2, 0) is 11.2 Å². The third-order valence-electron chi connectivity index (χ3n) is 2.31. The summed E-state index contributed by atoms with van der Waals surface area (Å²) in [6.45, 7) is 2.38. The van der Waals surface area contributed by atoms with Crippen molar-refractivity contribution in [2.24, 2.45) is 5.73 Å². The zero-order valence-electron chi connectivity index (χ0n) is 9.37. The highest BCUT2D eigenvalue weighted by atomic mass is 79.9. The van der Waals surface area contributed by atoms with Crippen molar-refractivity contribution in [3.8, 4) is 0 Å². The topological polar surface area (TPSA) is 55.1 Å². The highest BCUT2D eigenvalue weighted by Crippen LogP contribution is 2.11. The Kier molecular flexibility index (Phi) is 5.49. The lowest BCUT2D eigenvalue weighted by Crippen LogP contribution is -2.37. The van der Waals surface area contributed by atoms with Gasteiger partial charge in [0, 0.05) is 23.5 Å². The van der Waals surface area contributed by atoms with E-state index in [0.29, 0.717) is 13.0 Å². The maximum Gasteiger partial charge on any atom is 0.220 e. The maximum atomic E-state index is 11.5. The van der Waals surface area contributed by atoms with Crippen molar-refractivity contribution in [3.05, 3.63) is 34.3 Å². The zero-order chi connectivity index (χ0) is 12.0. The van der Waals surface area contributed by atoms with Crippen molar-refractivity contribution in [1.82, 2.24) is 5.32 Å². The van der Waals surface area contributed by atoms with Crippen molar-refractivity contribution in [2.45, 2.75) is 25.8 Å². The molecule has 0 heterocycles. The number of halogens is 1. The van der Waals surface area contributed by atoms with E-state index >= 15 is 0 Å². The Morgan fingerprint density at radius 3 is 2.62 bits per heavy atom. The molecule has 0 saturated carbocycles. The maximum absolute atomic E-state index is 11.5. The summed E-state index contributed by atoms with van der Waals surface area (Å²) < 4.78 is 1.05. The summed E-state index contributed by atoms with van der Waals surface area (Å²) >= 11 is 3.37. The van der Waals surface area contributed by atoms with Crippen molar-refractivity contribution in [2.75, 3.05) is 6.54 Å². The number of amides is 1. The molecule has 0 saturated heterocycles. The largest absolute Gasteiger partial charge is 0.352 e. The molecule has 1 aromatic rings. The van der Waals surface area contributed by atoms with Gasteiger partial charge in [0.15, 0.2) is 0 Å². The van der Waals surface area contributed by atoms with Crippen molar-refractivity contribution < 1.29 is 4.79 Å². The molecule has 88 valence electrons. The molecule has 0 unspecified atom stereocenters. The SMILES string of the molecule is C[C@@H](CN)NC(=O)CCc1ccc(Br)cc1. The molecule has 1 aromatic carbocycles. The zero-order valence-corrected chi connectivity index (χ0v) is 11.0. The van der Waals surface area contributed by atoms with Gasteiger partial charge in [-0.05, 0) is 31.0 Å². The van der Waals surface area contributed by atoms with E-state index in [1.807, 2.05) is 31.2 Å². The Morgan fingerprint density at radius 1 is 1.44 bits per heavy atom. The summed E-state index contributed by atoms with van der Waals surface area (Å²) in [6.07, 6.45) is 1.27. The molecule has 1 atom stereocenters. The molecular weight excluding hydrogens is 268 g/mol. The van der Waals surface area contributed by atoms with E-state index in [-0.39, 0.29) is 11.9 Å². The first kappa shape index (κ1) is 13.2. The van der Waals surface area contributed by atoms with Gasteiger partial charge in [0.2, 0.25) is 5.91 Å². The summed E-state index contributed by atoms with van der Waals surface area (Å²) in [7, 11) is 0. The number of rotatable bonds is 5. The van der Waals surface area contributed by atoms with Crippen LogP contribution in [0.3, 0.4) is 0 Å². The predicted molar refractivity (Wildman–Crippen MR) is 69.1 cm³/mol. The number of benzene rings is 1. The minimum absolute atomic E-state index is 0.0532.